The van der Waals surface area contributed by atoms with Crippen LogP contribution in [0.4, 0.5) is 0 Å². The van der Waals surface area contributed by atoms with E-state index in [0.29, 0.717) is 23.0 Å². The lowest BCUT2D eigenvalue weighted by molar-refractivity contribution is 0.519. The number of aryl methyl sites for hydroxylation is 3. The van der Waals surface area contributed by atoms with E-state index < -0.39 is 10.0 Å². The molecule has 0 spiro atoms. The number of hydrogen-bond donors (Lipinski definition) is 2. The molecule has 0 saturated carbocycles. The lowest BCUT2D eigenvalue weighted by Gasteiger charge is -2.17. The van der Waals surface area contributed by atoms with Crippen LogP contribution in [0.2, 0.25) is 0 Å². The summed E-state index contributed by atoms with van der Waals surface area (Å²) in [7, 11) is 1.26. The molecule has 2 rings (SSSR count). The minimum absolute atomic E-state index is 0. The van der Waals surface area contributed by atoms with Gasteiger partial charge in [0.05, 0.1) is 10.6 Å². The summed E-state index contributed by atoms with van der Waals surface area (Å²) < 4.78 is 28.2. The van der Waals surface area contributed by atoms with Crippen molar-refractivity contribution in [2.24, 2.45) is 4.99 Å². The number of halogens is 1. The Hall–Kier alpha value is -1.66. The molecule has 29 heavy (non-hydrogen) atoms. The standard InChI is InChI=1S/C19H30N6O2S.HI/c1-15-13-16(2)25(23-15)12-8-11-21-19(20-3)22-14-17-9-6-7-10-18(17)28(26,27)24(4)5;/h6-7,9-10,13H,8,11-12,14H2,1-5H3,(H2,20,21,22);1H. The van der Waals surface area contributed by atoms with Crippen molar-refractivity contribution in [3.8, 4) is 0 Å². The third kappa shape index (κ3) is 6.96. The largest absolute Gasteiger partial charge is 0.356 e. The number of aliphatic imine (C=N–C) groups is 1. The van der Waals surface area contributed by atoms with E-state index in [1.54, 1.807) is 25.2 Å². The fourth-order valence-corrected chi connectivity index (χ4v) is 3.95. The van der Waals surface area contributed by atoms with Gasteiger partial charge in [0.2, 0.25) is 10.0 Å². The highest BCUT2D eigenvalue weighted by atomic mass is 127. The number of aromatic nitrogens is 2. The summed E-state index contributed by atoms with van der Waals surface area (Å²) in [5.74, 6) is 0.630. The summed E-state index contributed by atoms with van der Waals surface area (Å²) in [5, 5.41) is 10.9. The van der Waals surface area contributed by atoms with Crippen LogP contribution in [0.5, 0.6) is 0 Å². The molecule has 1 aromatic heterocycles. The van der Waals surface area contributed by atoms with Gasteiger partial charge in [0.1, 0.15) is 0 Å². The van der Waals surface area contributed by atoms with Gasteiger partial charge in [0.25, 0.3) is 0 Å². The van der Waals surface area contributed by atoms with Crippen LogP contribution < -0.4 is 10.6 Å². The molecule has 0 bridgehead atoms. The zero-order valence-electron chi connectivity index (χ0n) is 17.6. The summed E-state index contributed by atoms with van der Waals surface area (Å²) >= 11 is 0. The molecule has 2 aromatic rings. The minimum Gasteiger partial charge on any atom is -0.356 e. The molecule has 0 amide bonds. The number of sulfonamides is 1. The number of benzene rings is 1. The van der Waals surface area contributed by atoms with E-state index in [1.807, 2.05) is 24.6 Å². The van der Waals surface area contributed by atoms with E-state index in [1.165, 1.54) is 18.4 Å². The summed E-state index contributed by atoms with van der Waals surface area (Å²) in [6.07, 6.45) is 0.897. The van der Waals surface area contributed by atoms with Crippen LogP contribution in [0.1, 0.15) is 23.4 Å². The van der Waals surface area contributed by atoms with Gasteiger partial charge in [0, 0.05) is 46.5 Å². The lowest BCUT2D eigenvalue weighted by atomic mass is 10.2. The van der Waals surface area contributed by atoms with Crippen molar-refractivity contribution in [2.45, 2.75) is 38.3 Å². The van der Waals surface area contributed by atoms with Gasteiger partial charge in [-0.1, -0.05) is 18.2 Å². The first-order valence-electron chi connectivity index (χ1n) is 9.21. The summed E-state index contributed by atoms with van der Waals surface area (Å²) in [4.78, 5) is 4.51. The van der Waals surface area contributed by atoms with E-state index in [-0.39, 0.29) is 24.0 Å². The third-order valence-corrected chi connectivity index (χ3v) is 6.26. The second-order valence-electron chi connectivity index (χ2n) is 6.75. The van der Waals surface area contributed by atoms with Crippen LogP contribution in [-0.2, 0) is 23.1 Å². The van der Waals surface area contributed by atoms with Gasteiger partial charge in [-0.25, -0.2) is 12.7 Å². The molecule has 162 valence electrons. The van der Waals surface area contributed by atoms with Gasteiger partial charge in [-0.2, -0.15) is 5.10 Å². The van der Waals surface area contributed by atoms with Crippen LogP contribution in [0.25, 0.3) is 0 Å². The Morgan fingerprint density at radius 1 is 1.21 bits per heavy atom. The normalized spacial score (nSPS) is 12.0. The molecule has 0 aliphatic carbocycles. The van der Waals surface area contributed by atoms with Crippen LogP contribution in [-0.4, -0.2) is 56.2 Å². The van der Waals surface area contributed by atoms with Crippen molar-refractivity contribution in [1.29, 1.82) is 0 Å². The quantitative estimate of drug-likeness (QED) is 0.235. The Morgan fingerprint density at radius 2 is 1.90 bits per heavy atom. The zero-order valence-corrected chi connectivity index (χ0v) is 20.8. The molecule has 1 heterocycles. The van der Waals surface area contributed by atoms with Crippen LogP contribution in [0.3, 0.4) is 0 Å². The van der Waals surface area contributed by atoms with Crippen molar-refractivity contribution >= 4 is 40.0 Å². The second kappa shape index (κ2) is 11.5. The highest BCUT2D eigenvalue weighted by Gasteiger charge is 2.20. The maximum absolute atomic E-state index is 12.5. The molecule has 10 heteroatoms. The van der Waals surface area contributed by atoms with Gasteiger partial charge in [-0.05, 0) is 38.0 Å². The number of hydrogen-bond acceptors (Lipinski definition) is 4. The molecule has 1 aromatic carbocycles. The zero-order chi connectivity index (χ0) is 20.7. The van der Waals surface area contributed by atoms with Crippen molar-refractivity contribution in [1.82, 2.24) is 24.7 Å². The molecule has 2 N–H and O–H groups in total. The number of nitrogens with one attached hydrogen (secondary N) is 2. The highest BCUT2D eigenvalue weighted by molar-refractivity contribution is 14.0. The first kappa shape index (κ1) is 25.4. The van der Waals surface area contributed by atoms with Crippen molar-refractivity contribution in [3.05, 3.63) is 47.3 Å². The fourth-order valence-electron chi connectivity index (χ4n) is 2.83. The molecular formula is C19H31IN6O2S. The average Bonchev–Trinajstić information content (AvgIpc) is 2.98. The molecular weight excluding hydrogens is 503 g/mol. The van der Waals surface area contributed by atoms with E-state index in [2.05, 4.69) is 26.8 Å². The Labute approximate surface area is 190 Å². The Kier molecular flexibility index (Phi) is 10.1. The lowest BCUT2D eigenvalue weighted by Crippen LogP contribution is -2.38. The van der Waals surface area contributed by atoms with E-state index in [0.717, 1.165) is 30.9 Å². The molecule has 0 fully saturated rings. The molecule has 0 atom stereocenters. The van der Waals surface area contributed by atoms with Crippen LogP contribution >= 0.6 is 24.0 Å². The van der Waals surface area contributed by atoms with Gasteiger partial charge >= 0.3 is 0 Å². The predicted octanol–water partition coefficient (Wildman–Crippen LogP) is 2.12. The average molecular weight is 534 g/mol. The second-order valence-corrected chi connectivity index (χ2v) is 8.87. The highest BCUT2D eigenvalue weighted by Crippen LogP contribution is 2.18. The first-order valence-corrected chi connectivity index (χ1v) is 10.7. The Morgan fingerprint density at radius 3 is 2.48 bits per heavy atom. The molecule has 0 unspecified atom stereocenters. The minimum atomic E-state index is -3.49. The fraction of sp³-hybridized carbons (Fsp3) is 0.474. The monoisotopic (exact) mass is 534 g/mol. The molecule has 8 nitrogen and oxygen atoms in total. The first-order chi connectivity index (χ1) is 13.3. The number of guanidine groups is 1. The Balaban J connectivity index is 0.00000420. The summed E-state index contributed by atoms with van der Waals surface area (Å²) in [5.41, 5.74) is 2.87. The van der Waals surface area contributed by atoms with Gasteiger partial charge in [-0.3, -0.25) is 9.67 Å². The Bertz CT molecular complexity index is 925. The van der Waals surface area contributed by atoms with Crippen molar-refractivity contribution in [2.75, 3.05) is 27.7 Å². The summed E-state index contributed by atoms with van der Waals surface area (Å²) in [6, 6.07) is 9.05. The van der Waals surface area contributed by atoms with Crippen molar-refractivity contribution in [3.63, 3.8) is 0 Å². The van der Waals surface area contributed by atoms with E-state index in [4.69, 9.17) is 0 Å². The van der Waals surface area contributed by atoms with Crippen LogP contribution in [0, 0.1) is 13.8 Å². The summed E-state index contributed by atoms with van der Waals surface area (Å²) in [6.45, 7) is 5.96. The van der Waals surface area contributed by atoms with Gasteiger partial charge in [-0.15, -0.1) is 24.0 Å². The SMILES string of the molecule is CN=C(NCCCn1nc(C)cc1C)NCc1ccccc1S(=O)(=O)N(C)C.I. The molecule has 0 aliphatic heterocycles. The topological polar surface area (TPSA) is 91.6 Å². The number of nitrogens with zero attached hydrogens (tertiary/aromatic N) is 4. The maximum Gasteiger partial charge on any atom is 0.242 e. The predicted molar refractivity (Wildman–Crippen MR) is 127 cm³/mol. The van der Waals surface area contributed by atoms with E-state index in [9.17, 15) is 8.42 Å². The number of rotatable bonds is 8. The maximum atomic E-state index is 12.5. The molecule has 0 aliphatic rings. The van der Waals surface area contributed by atoms with Gasteiger partial charge in [0.15, 0.2) is 5.96 Å². The van der Waals surface area contributed by atoms with Crippen LogP contribution in [0.15, 0.2) is 40.2 Å². The third-order valence-electron chi connectivity index (χ3n) is 4.34. The van der Waals surface area contributed by atoms with Crippen molar-refractivity contribution < 1.29 is 8.42 Å². The van der Waals surface area contributed by atoms with E-state index >= 15 is 0 Å². The van der Waals surface area contributed by atoms with Gasteiger partial charge < -0.3 is 10.6 Å². The molecule has 0 saturated heterocycles. The smallest absolute Gasteiger partial charge is 0.242 e. The molecule has 0 radical (unpaired) electrons.